The molecular formula is C71H135NO5. The quantitative estimate of drug-likeness (QED) is 0.0320. The largest absolute Gasteiger partial charge is 0.466 e. The van der Waals surface area contributed by atoms with Gasteiger partial charge in [-0.15, -0.1) is 0 Å². The van der Waals surface area contributed by atoms with Gasteiger partial charge in [0, 0.05) is 12.8 Å². The molecule has 454 valence electrons. The molecule has 0 spiro atoms. The number of aliphatic hydroxyl groups is 2. The zero-order valence-corrected chi connectivity index (χ0v) is 52.0. The number of aliphatic hydroxyl groups excluding tert-OH is 2. The lowest BCUT2D eigenvalue weighted by molar-refractivity contribution is -0.143. The number of rotatable bonds is 65. The van der Waals surface area contributed by atoms with Crippen LogP contribution >= 0.6 is 0 Å². The predicted octanol–water partition coefficient (Wildman–Crippen LogP) is 22.3. The van der Waals surface area contributed by atoms with E-state index in [1.165, 1.54) is 289 Å². The van der Waals surface area contributed by atoms with E-state index in [-0.39, 0.29) is 18.5 Å². The summed E-state index contributed by atoms with van der Waals surface area (Å²) in [6.45, 7) is 4.95. The summed E-state index contributed by atoms with van der Waals surface area (Å²) in [4.78, 5) is 24.6. The van der Waals surface area contributed by atoms with Gasteiger partial charge in [-0.25, -0.2) is 0 Å². The molecule has 0 saturated heterocycles. The molecule has 0 aliphatic heterocycles. The number of hydrogen-bond donors (Lipinski definition) is 3. The Bertz CT molecular complexity index is 1250. The summed E-state index contributed by atoms with van der Waals surface area (Å²) in [5.74, 6) is -0.0497. The monoisotopic (exact) mass is 1080 g/mol. The van der Waals surface area contributed by atoms with Crippen LogP contribution in [0.4, 0.5) is 0 Å². The molecule has 1 amide bonds. The maximum atomic E-state index is 12.6. The Balaban J connectivity index is 3.44. The number of unbranched alkanes of at least 4 members (excludes halogenated alkanes) is 48. The summed E-state index contributed by atoms with van der Waals surface area (Å²) in [6, 6.07) is -0.551. The first-order valence-corrected chi connectivity index (χ1v) is 34.7. The Hall–Kier alpha value is -1.92. The third-order valence-corrected chi connectivity index (χ3v) is 16.2. The van der Waals surface area contributed by atoms with Gasteiger partial charge < -0.3 is 20.3 Å². The molecule has 3 N–H and O–H groups in total. The van der Waals surface area contributed by atoms with Crippen LogP contribution in [0.1, 0.15) is 380 Å². The summed E-state index contributed by atoms with van der Waals surface area (Å²) < 4.78 is 5.48. The standard InChI is InChI=1S/C71H135NO5/c1-3-5-7-9-11-13-15-17-19-21-22-23-24-25-26-27-29-32-35-39-43-47-51-55-59-63-69(74)68(67-73)72-70(75)64-60-56-52-48-44-40-36-33-30-28-31-34-38-42-46-50-54-58-62-66-77-71(76)65-61-57-53-49-45-41-37-20-18-16-14-12-10-8-6-4-2/h14,16,20,28,30,37,68-69,73-74H,3-13,15,17-19,21-27,29,31-36,38-67H2,1-2H3,(H,72,75)/b16-14-,30-28-,37-20-. The van der Waals surface area contributed by atoms with Crippen molar-refractivity contribution in [2.24, 2.45) is 0 Å². The zero-order chi connectivity index (χ0) is 55.7. The molecule has 0 bridgehead atoms. The molecule has 0 fully saturated rings. The summed E-state index contributed by atoms with van der Waals surface area (Å²) >= 11 is 0. The van der Waals surface area contributed by atoms with Gasteiger partial charge in [0.05, 0.1) is 25.4 Å². The number of carbonyl (C=O) groups excluding carboxylic acids is 2. The van der Waals surface area contributed by atoms with Gasteiger partial charge in [0.2, 0.25) is 5.91 Å². The minimum absolute atomic E-state index is 0.00873. The summed E-state index contributed by atoms with van der Waals surface area (Å²) in [6.07, 6.45) is 84.6. The van der Waals surface area contributed by atoms with E-state index in [4.69, 9.17) is 4.74 Å². The van der Waals surface area contributed by atoms with Crippen LogP contribution in [0.2, 0.25) is 0 Å². The molecular weight excluding hydrogens is 947 g/mol. The predicted molar refractivity (Wildman–Crippen MR) is 338 cm³/mol. The van der Waals surface area contributed by atoms with Crippen molar-refractivity contribution in [1.82, 2.24) is 5.32 Å². The van der Waals surface area contributed by atoms with Gasteiger partial charge in [-0.05, 0) is 83.5 Å². The van der Waals surface area contributed by atoms with Crippen LogP contribution < -0.4 is 5.32 Å². The highest BCUT2D eigenvalue weighted by Crippen LogP contribution is 2.18. The van der Waals surface area contributed by atoms with Gasteiger partial charge in [0.25, 0.3) is 0 Å². The average molecular weight is 1080 g/mol. The lowest BCUT2D eigenvalue weighted by atomic mass is 10.0. The van der Waals surface area contributed by atoms with Gasteiger partial charge in [-0.1, -0.05) is 320 Å². The van der Waals surface area contributed by atoms with Gasteiger partial charge in [-0.2, -0.15) is 0 Å². The second-order valence-corrected chi connectivity index (χ2v) is 23.9. The summed E-state index contributed by atoms with van der Waals surface area (Å²) in [7, 11) is 0. The number of carbonyl (C=O) groups is 2. The fraction of sp³-hybridized carbons (Fsp3) is 0.887. The van der Waals surface area contributed by atoms with Crippen molar-refractivity contribution < 1.29 is 24.5 Å². The molecule has 0 saturated carbocycles. The minimum atomic E-state index is -0.673. The third-order valence-electron chi connectivity index (χ3n) is 16.2. The maximum Gasteiger partial charge on any atom is 0.305 e. The molecule has 0 rings (SSSR count). The van der Waals surface area contributed by atoms with Crippen molar-refractivity contribution in [2.45, 2.75) is 392 Å². The molecule has 77 heavy (non-hydrogen) atoms. The number of amides is 1. The highest BCUT2D eigenvalue weighted by Gasteiger charge is 2.20. The van der Waals surface area contributed by atoms with Crippen LogP contribution in [-0.2, 0) is 14.3 Å². The number of ether oxygens (including phenoxy) is 1. The normalized spacial score (nSPS) is 12.7. The van der Waals surface area contributed by atoms with Crippen LogP contribution in [0.25, 0.3) is 0 Å². The van der Waals surface area contributed by atoms with E-state index in [9.17, 15) is 19.8 Å². The van der Waals surface area contributed by atoms with E-state index in [2.05, 4.69) is 55.6 Å². The van der Waals surface area contributed by atoms with Crippen molar-refractivity contribution in [3.8, 4) is 0 Å². The first kappa shape index (κ1) is 75.1. The van der Waals surface area contributed by atoms with E-state index < -0.39 is 12.1 Å². The van der Waals surface area contributed by atoms with E-state index >= 15 is 0 Å². The molecule has 6 nitrogen and oxygen atoms in total. The third kappa shape index (κ3) is 63.1. The highest BCUT2D eigenvalue weighted by molar-refractivity contribution is 5.76. The van der Waals surface area contributed by atoms with Crippen molar-refractivity contribution in [3.63, 3.8) is 0 Å². The van der Waals surface area contributed by atoms with Crippen LogP contribution in [0.3, 0.4) is 0 Å². The van der Waals surface area contributed by atoms with Crippen molar-refractivity contribution in [1.29, 1.82) is 0 Å². The summed E-state index contributed by atoms with van der Waals surface area (Å²) in [5.41, 5.74) is 0. The van der Waals surface area contributed by atoms with Crippen molar-refractivity contribution in [3.05, 3.63) is 36.5 Å². The smallest absolute Gasteiger partial charge is 0.305 e. The van der Waals surface area contributed by atoms with E-state index in [0.29, 0.717) is 25.9 Å². The molecule has 0 aromatic carbocycles. The fourth-order valence-electron chi connectivity index (χ4n) is 10.8. The lowest BCUT2D eigenvalue weighted by Crippen LogP contribution is -2.45. The number of nitrogens with one attached hydrogen (secondary N) is 1. The highest BCUT2D eigenvalue weighted by atomic mass is 16.5. The van der Waals surface area contributed by atoms with Crippen LogP contribution in [0, 0.1) is 0 Å². The van der Waals surface area contributed by atoms with Gasteiger partial charge in [0.1, 0.15) is 0 Å². The van der Waals surface area contributed by atoms with Gasteiger partial charge in [0.15, 0.2) is 0 Å². The topological polar surface area (TPSA) is 95.9 Å². The number of hydrogen-bond acceptors (Lipinski definition) is 5. The Labute approximate surface area is 481 Å². The lowest BCUT2D eigenvalue weighted by Gasteiger charge is -2.22. The van der Waals surface area contributed by atoms with Crippen molar-refractivity contribution >= 4 is 11.9 Å². The van der Waals surface area contributed by atoms with E-state index in [1.807, 2.05) is 0 Å². The number of allylic oxidation sites excluding steroid dienone is 6. The number of esters is 1. The van der Waals surface area contributed by atoms with Gasteiger partial charge in [-0.3, -0.25) is 9.59 Å². The summed E-state index contributed by atoms with van der Waals surface area (Å²) in [5, 5.41) is 23.4. The fourth-order valence-corrected chi connectivity index (χ4v) is 10.8. The Morgan fingerprint density at radius 1 is 0.364 bits per heavy atom. The molecule has 0 heterocycles. The van der Waals surface area contributed by atoms with Gasteiger partial charge >= 0.3 is 5.97 Å². The molecule has 2 atom stereocenters. The maximum absolute atomic E-state index is 12.6. The molecule has 6 heteroatoms. The zero-order valence-electron chi connectivity index (χ0n) is 52.0. The Kier molecular flexibility index (Phi) is 64.9. The van der Waals surface area contributed by atoms with Crippen LogP contribution in [0.15, 0.2) is 36.5 Å². The second kappa shape index (κ2) is 66.6. The molecule has 0 radical (unpaired) electrons. The van der Waals surface area contributed by atoms with E-state index in [0.717, 1.165) is 57.8 Å². The van der Waals surface area contributed by atoms with Crippen LogP contribution in [-0.4, -0.2) is 47.4 Å². The second-order valence-electron chi connectivity index (χ2n) is 23.9. The Morgan fingerprint density at radius 3 is 1.01 bits per heavy atom. The van der Waals surface area contributed by atoms with Crippen molar-refractivity contribution in [2.75, 3.05) is 13.2 Å². The first-order valence-electron chi connectivity index (χ1n) is 34.7. The molecule has 0 aliphatic rings. The molecule has 0 aromatic rings. The van der Waals surface area contributed by atoms with E-state index in [1.54, 1.807) is 0 Å². The Morgan fingerprint density at radius 2 is 0.649 bits per heavy atom. The SMILES string of the molecule is CCCCCC/C=C\C/C=C\CCCCCCCC(=O)OCCCCCCCCCC/C=C\CCCCCCCCCC(=O)NC(CO)C(O)CCCCCCCCCCCCCCCCCCCCCCCCCCC. The average Bonchev–Trinajstić information content (AvgIpc) is 3.43. The first-order chi connectivity index (χ1) is 38.0. The van der Waals surface area contributed by atoms with Crippen LogP contribution in [0.5, 0.6) is 0 Å². The molecule has 0 aromatic heterocycles. The molecule has 2 unspecified atom stereocenters. The molecule has 0 aliphatic carbocycles. The minimum Gasteiger partial charge on any atom is -0.466 e.